The number of nitrogens with zero attached hydrogens (tertiary/aromatic N) is 4. The molecule has 0 atom stereocenters. The lowest BCUT2D eigenvalue weighted by atomic mass is 10.0. The van der Waals surface area contributed by atoms with Crippen LogP contribution < -0.4 is 0 Å². The molecule has 2 aromatic heterocycles. The molecular weight excluding hydrogens is 717 g/mol. The first-order chi connectivity index (χ1) is 29.2. The van der Waals surface area contributed by atoms with Gasteiger partial charge in [-0.15, -0.1) is 0 Å². The summed E-state index contributed by atoms with van der Waals surface area (Å²) in [6.45, 7) is 0. The van der Waals surface area contributed by atoms with E-state index in [-0.39, 0.29) is 0 Å². The van der Waals surface area contributed by atoms with E-state index in [2.05, 4.69) is 211 Å². The van der Waals surface area contributed by atoms with Gasteiger partial charge in [0.15, 0.2) is 17.5 Å². The number of hydrogen-bond acceptors (Lipinski definition) is 3. The molecule has 59 heavy (non-hydrogen) atoms. The van der Waals surface area contributed by atoms with Gasteiger partial charge in [0.1, 0.15) is 0 Å². The van der Waals surface area contributed by atoms with Crippen LogP contribution in [-0.4, -0.2) is 19.5 Å². The van der Waals surface area contributed by atoms with Gasteiger partial charge in [-0.3, -0.25) is 0 Å². The monoisotopic (exact) mass is 752 g/mol. The summed E-state index contributed by atoms with van der Waals surface area (Å²) in [7, 11) is 0. The third-order valence-corrected chi connectivity index (χ3v) is 11.3. The van der Waals surface area contributed by atoms with Crippen LogP contribution in [0.1, 0.15) is 0 Å². The quantitative estimate of drug-likeness (QED) is 0.163. The Balaban J connectivity index is 0.939. The molecule has 4 nitrogen and oxygen atoms in total. The van der Waals surface area contributed by atoms with Gasteiger partial charge in [0.25, 0.3) is 0 Å². The molecule has 0 unspecified atom stereocenters. The molecule has 0 spiro atoms. The Morgan fingerprint density at radius 2 is 0.627 bits per heavy atom. The van der Waals surface area contributed by atoms with Crippen molar-refractivity contribution in [2.75, 3.05) is 0 Å². The average molecular weight is 753 g/mol. The average Bonchev–Trinajstić information content (AvgIpc) is 3.67. The van der Waals surface area contributed by atoms with Gasteiger partial charge in [-0.05, 0) is 68.4 Å². The molecule has 0 radical (unpaired) electrons. The fourth-order valence-electron chi connectivity index (χ4n) is 8.28. The SMILES string of the molecule is c1ccc(-c2ccc(-c3nc(-c4ccc(-c5ccccc5)cc4)nc(-c4ccc(-c5ccc(-n6c7ccccc7c7c8ccccc8ccc76)cc5)cc4)n3)cc2)cc1. The van der Waals surface area contributed by atoms with Crippen LogP contribution in [0.4, 0.5) is 0 Å². The highest BCUT2D eigenvalue weighted by molar-refractivity contribution is 6.21. The second kappa shape index (κ2) is 14.5. The zero-order valence-corrected chi connectivity index (χ0v) is 32.1. The lowest BCUT2D eigenvalue weighted by Gasteiger charge is -2.11. The van der Waals surface area contributed by atoms with Crippen molar-refractivity contribution >= 4 is 32.6 Å². The third-order valence-electron chi connectivity index (χ3n) is 11.3. The summed E-state index contributed by atoms with van der Waals surface area (Å²) in [6, 6.07) is 77.0. The van der Waals surface area contributed by atoms with E-state index < -0.39 is 0 Å². The lowest BCUT2D eigenvalue weighted by Crippen LogP contribution is -2.00. The number of hydrogen-bond donors (Lipinski definition) is 0. The lowest BCUT2D eigenvalue weighted by molar-refractivity contribution is 1.07. The van der Waals surface area contributed by atoms with Crippen LogP contribution in [0.3, 0.4) is 0 Å². The number of aromatic nitrogens is 4. The standard InChI is InChI=1S/C55H36N4/c1-3-11-37(12-4-1)39-19-25-44(26-20-39)53-56-54(45-27-21-40(22-28-45)38-13-5-2-6-14-38)58-55(57-53)46-29-23-41(24-30-46)42-31-34-47(35-32-42)59-50-18-10-9-17-49(50)52-48-16-8-7-15-43(48)33-36-51(52)59/h1-36H. The van der Waals surface area contributed by atoms with Crippen molar-refractivity contribution in [2.24, 2.45) is 0 Å². The summed E-state index contributed by atoms with van der Waals surface area (Å²) in [6.07, 6.45) is 0. The molecule has 0 aliphatic heterocycles. The van der Waals surface area contributed by atoms with Gasteiger partial charge in [-0.1, -0.05) is 194 Å². The van der Waals surface area contributed by atoms with Crippen LogP contribution in [0.5, 0.6) is 0 Å². The molecule has 2 heterocycles. The molecule has 11 rings (SSSR count). The Morgan fingerprint density at radius 1 is 0.254 bits per heavy atom. The van der Waals surface area contributed by atoms with Crippen LogP contribution in [0.25, 0.3) is 106 Å². The first-order valence-corrected chi connectivity index (χ1v) is 19.9. The number of para-hydroxylation sites is 1. The molecule has 0 bridgehead atoms. The molecule has 0 N–H and O–H groups in total. The van der Waals surface area contributed by atoms with Crippen molar-refractivity contribution in [3.8, 4) is 73.2 Å². The summed E-state index contributed by atoms with van der Waals surface area (Å²) in [5, 5.41) is 5.07. The van der Waals surface area contributed by atoms with Crippen LogP contribution >= 0.6 is 0 Å². The van der Waals surface area contributed by atoms with Gasteiger partial charge in [0.2, 0.25) is 0 Å². The minimum absolute atomic E-state index is 0.630. The Labute approximate surface area is 342 Å². The van der Waals surface area contributed by atoms with E-state index in [0.29, 0.717) is 17.5 Å². The van der Waals surface area contributed by atoms with E-state index in [1.165, 1.54) is 43.7 Å². The predicted octanol–water partition coefficient (Wildman–Crippen LogP) is 14.1. The van der Waals surface area contributed by atoms with Crippen molar-refractivity contribution in [3.63, 3.8) is 0 Å². The molecule has 0 saturated heterocycles. The highest BCUT2D eigenvalue weighted by Gasteiger charge is 2.16. The van der Waals surface area contributed by atoms with Crippen LogP contribution in [0, 0.1) is 0 Å². The van der Waals surface area contributed by atoms with Crippen molar-refractivity contribution in [2.45, 2.75) is 0 Å². The number of benzene rings is 9. The van der Waals surface area contributed by atoms with E-state index in [9.17, 15) is 0 Å². The summed E-state index contributed by atoms with van der Waals surface area (Å²) < 4.78 is 2.38. The maximum atomic E-state index is 5.05. The van der Waals surface area contributed by atoms with Crippen molar-refractivity contribution in [3.05, 3.63) is 218 Å². The van der Waals surface area contributed by atoms with E-state index in [0.717, 1.165) is 44.6 Å². The Morgan fingerprint density at radius 3 is 1.12 bits per heavy atom. The molecule has 0 aliphatic rings. The van der Waals surface area contributed by atoms with Crippen molar-refractivity contribution in [1.82, 2.24) is 19.5 Å². The third kappa shape index (κ3) is 6.34. The van der Waals surface area contributed by atoms with Gasteiger partial charge in [0, 0.05) is 33.2 Å². The molecule has 4 heteroatoms. The molecule has 0 aliphatic carbocycles. The molecule has 0 saturated carbocycles. The fraction of sp³-hybridized carbons (Fsp3) is 0. The fourth-order valence-corrected chi connectivity index (χ4v) is 8.28. The Hall–Kier alpha value is -7.95. The summed E-state index contributed by atoms with van der Waals surface area (Å²) in [5.41, 5.74) is 13.2. The van der Waals surface area contributed by atoms with Gasteiger partial charge >= 0.3 is 0 Å². The number of fused-ring (bicyclic) bond motifs is 5. The topological polar surface area (TPSA) is 43.6 Å². The molecular formula is C55H36N4. The second-order valence-corrected chi connectivity index (χ2v) is 14.9. The van der Waals surface area contributed by atoms with Crippen LogP contribution in [-0.2, 0) is 0 Å². The highest BCUT2D eigenvalue weighted by Crippen LogP contribution is 2.37. The maximum Gasteiger partial charge on any atom is 0.164 e. The minimum Gasteiger partial charge on any atom is -0.309 e. The predicted molar refractivity (Wildman–Crippen MR) is 244 cm³/mol. The largest absolute Gasteiger partial charge is 0.309 e. The van der Waals surface area contributed by atoms with Gasteiger partial charge < -0.3 is 4.57 Å². The zero-order chi connectivity index (χ0) is 39.1. The first kappa shape index (κ1) is 34.3. The van der Waals surface area contributed by atoms with Gasteiger partial charge in [0.05, 0.1) is 11.0 Å². The summed E-state index contributed by atoms with van der Waals surface area (Å²) in [4.78, 5) is 15.1. The molecule has 0 amide bonds. The van der Waals surface area contributed by atoms with E-state index in [4.69, 9.17) is 15.0 Å². The molecule has 276 valence electrons. The van der Waals surface area contributed by atoms with E-state index in [1.54, 1.807) is 0 Å². The second-order valence-electron chi connectivity index (χ2n) is 14.9. The van der Waals surface area contributed by atoms with Crippen LogP contribution in [0.15, 0.2) is 218 Å². The Bertz CT molecular complexity index is 3160. The Kier molecular flexibility index (Phi) is 8.45. The number of rotatable bonds is 7. The first-order valence-electron chi connectivity index (χ1n) is 19.9. The molecule has 0 fully saturated rings. The van der Waals surface area contributed by atoms with Gasteiger partial charge in [-0.2, -0.15) is 0 Å². The molecule has 11 aromatic rings. The van der Waals surface area contributed by atoms with Crippen LogP contribution in [0.2, 0.25) is 0 Å². The summed E-state index contributed by atoms with van der Waals surface area (Å²) >= 11 is 0. The smallest absolute Gasteiger partial charge is 0.164 e. The van der Waals surface area contributed by atoms with Gasteiger partial charge in [-0.25, -0.2) is 15.0 Å². The highest BCUT2D eigenvalue weighted by atomic mass is 15.0. The maximum absolute atomic E-state index is 5.05. The van der Waals surface area contributed by atoms with E-state index >= 15 is 0 Å². The minimum atomic E-state index is 0.630. The van der Waals surface area contributed by atoms with Crippen molar-refractivity contribution in [1.29, 1.82) is 0 Å². The molecule has 9 aromatic carbocycles. The van der Waals surface area contributed by atoms with Crippen molar-refractivity contribution < 1.29 is 0 Å². The summed E-state index contributed by atoms with van der Waals surface area (Å²) in [5.74, 6) is 1.90. The normalized spacial score (nSPS) is 11.4. The van der Waals surface area contributed by atoms with E-state index in [1.807, 2.05) is 12.1 Å². The zero-order valence-electron chi connectivity index (χ0n) is 32.1.